The van der Waals surface area contributed by atoms with Crippen LogP contribution in [0.4, 0.5) is 34.1 Å². The predicted molar refractivity (Wildman–Crippen MR) is 191 cm³/mol. The molecule has 0 N–H and O–H groups in total. The summed E-state index contributed by atoms with van der Waals surface area (Å²) in [5, 5.41) is 4.09. The smallest absolute Gasteiger partial charge is 0.151 e. The largest absolute Gasteiger partial charge is 0.456 e. The van der Waals surface area contributed by atoms with E-state index >= 15 is 0 Å². The van der Waals surface area contributed by atoms with Crippen molar-refractivity contribution in [3.63, 3.8) is 0 Å². The first-order chi connectivity index (χ1) is 23.8. The van der Waals surface area contributed by atoms with E-state index in [1.165, 1.54) is 0 Å². The fourth-order valence-electron chi connectivity index (χ4n) is 7.35. The summed E-state index contributed by atoms with van der Waals surface area (Å²) in [6.07, 6.45) is 0. The zero-order valence-corrected chi connectivity index (χ0v) is 25.4. The first kappa shape index (κ1) is 25.5. The quantitative estimate of drug-likeness (QED) is 0.192. The van der Waals surface area contributed by atoms with Gasteiger partial charge in [-0.3, -0.25) is 0 Å². The lowest BCUT2D eigenvalue weighted by Gasteiger charge is -2.32. The first-order valence-corrected chi connectivity index (χ1v) is 15.9. The number of nitrogens with zero attached hydrogens (tertiary/aromatic N) is 2. The van der Waals surface area contributed by atoms with E-state index in [1.807, 2.05) is 84.9 Å². The minimum Gasteiger partial charge on any atom is -0.456 e. The molecule has 226 valence electrons. The first-order valence-electron chi connectivity index (χ1n) is 15.9. The van der Waals surface area contributed by atoms with Gasteiger partial charge in [-0.05, 0) is 97.1 Å². The number of hydrogen-bond donors (Lipinski definition) is 0. The molecule has 0 atom stereocenters. The summed E-state index contributed by atoms with van der Waals surface area (Å²) in [6, 6.07) is 49.4. The van der Waals surface area contributed by atoms with Crippen molar-refractivity contribution in [1.82, 2.24) is 0 Å². The van der Waals surface area contributed by atoms with Crippen LogP contribution in [0.5, 0.6) is 23.0 Å². The Hall–Kier alpha value is -6.66. The summed E-state index contributed by atoms with van der Waals surface area (Å²) >= 11 is 0. The molecule has 0 bridgehead atoms. The number of anilines is 6. The van der Waals surface area contributed by atoms with Crippen molar-refractivity contribution in [2.75, 3.05) is 9.80 Å². The van der Waals surface area contributed by atoms with Crippen molar-refractivity contribution in [2.24, 2.45) is 0 Å². The average molecular weight is 621 g/mol. The number of furan rings is 2. The molecule has 11 rings (SSSR count). The monoisotopic (exact) mass is 620 g/mol. The Morgan fingerprint density at radius 3 is 1.04 bits per heavy atom. The fraction of sp³-hybridized carbons (Fsp3) is 0. The van der Waals surface area contributed by atoms with E-state index in [4.69, 9.17) is 18.3 Å². The van der Waals surface area contributed by atoms with Gasteiger partial charge in [-0.15, -0.1) is 0 Å². The SMILES string of the molecule is c1ccc2c(c1)Oc1ccccc1N2c1ccc2oc3ccc4oc5ccc(N6c7ccccc7Oc7ccccc76)cc5c4c3c2c1. The molecule has 2 aliphatic heterocycles. The maximum Gasteiger partial charge on any atom is 0.151 e. The van der Waals surface area contributed by atoms with Crippen LogP contribution in [0, 0.1) is 0 Å². The number of benzene rings is 7. The van der Waals surface area contributed by atoms with E-state index in [1.54, 1.807) is 0 Å². The van der Waals surface area contributed by atoms with Crippen LogP contribution >= 0.6 is 0 Å². The van der Waals surface area contributed by atoms with Gasteiger partial charge in [0.2, 0.25) is 0 Å². The van der Waals surface area contributed by atoms with Gasteiger partial charge < -0.3 is 28.1 Å². The van der Waals surface area contributed by atoms with E-state index in [9.17, 15) is 0 Å². The topological polar surface area (TPSA) is 51.2 Å². The molecule has 2 aromatic heterocycles. The second kappa shape index (κ2) is 9.44. The van der Waals surface area contributed by atoms with Gasteiger partial charge >= 0.3 is 0 Å². The third-order valence-corrected chi connectivity index (χ3v) is 9.41. The molecule has 0 fully saturated rings. The normalized spacial score (nSPS) is 13.2. The van der Waals surface area contributed by atoms with Crippen molar-refractivity contribution < 1.29 is 18.3 Å². The summed E-state index contributed by atoms with van der Waals surface area (Å²) in [6.45, 7) is 0. The average Bonchev–Trinajstić information content (AvgIpc) is 3.70. The Morgan fingerprint density at radius 2 is 0.667 bits per heavy atom. The maximum absolute atomic E-state index is 6.49. The molecule has 9 aromatic rings. The molecule has 0 saturated carbocycles. The zero-order chi connectivity index (χ0) is 31.3. The lowest BCUT2D eigenvalue weighted by molar-refractivity contribution is 0.477. The van der Waals surface area contributed by atoms with Crippen LogP contribution in [-0.2, 0) is 0 Å². The molecule has 4 heterocycles. The van der Waals surface area contributed by atoms with E-state index in [0.717, 1.165) is 101 Å². The third kappa shape index (κ3) is 3.51. The summed E-state index contributed by atoms with van der Waals surface area (Å²) in [7, 11) is 0. The highest BCUT2D eigenvalue weighted by Crippen LogP contribution is 2.53. The van der Waals surface area contributed by atoms with Crippen molar-refractivity contribution in [3.8, 4) is 23.0 Å². The Morgan fingerprint density at radius 1 is 0.333 bits per heavy atom. The molecule has 2 aliphatic rings. The number of hydrogen-bond acceptors (Lipinski definition) is 6. The predicted octanol–water partition coefficient (Wildman–Crippen LogP) is 12.6. The van der Waals surface area contributed by atoms with Crippen LogP contribution in [-0.4, -0.2) is 0 Å². The van der Waals surface area contributed by atoms with Gasteiger partial charge in [-0.25, -0.2) is 0 Å². The van der Waals surface area contributed by atoms with Gasteiger partial charge in [-0.2, -0.15) is 0 Å². The molecular weight excluding hydrogens is 596 g/mol. The highest BCUT2D eigenvalue weighted by Gasteiger charge is 2.28. The number of rotatable bonds is 2. The Labute approximate surface area is 274 Å². The number of ether oxygens (including phenoxy) is 2. The molecule has 48 heavy (non-hydrogen) atoms. The highest BCUT2D eigenvalue weighted by atomic mass is 16.5. The summed E-state index contributed by atoms with van der Waals surface area (Å²) < 4.78 is 25.6. The molecule has 0 amide bonds. The lowest BCUT2D eigenvalue weighted by atomic mass is 10.0. The molecule has 0 spiro atoms. The van der Waals surface area contributed by atoms with E-state index < -0.39 is 0 Å². The van der Waals surface area contributed by atoms with Crippen LogP contribution in [0.3, 0.4) is 0 Å². The molecule has 0 aliphatic carbocycles. The minimum atomic E-state index is 0.813. The van der Waals surface area contributed by atoms with Gasteiger partial charge in [0.15, 0.2) is 23.0 Å². The molecule has 0 saturated heterocycles. The Kier molecular flexibility index (Phi) is 5.02. The van der Waals surface area contributed by atoms with E-state index in [2.05, 4.69) is 70.5 Å². The summed E-state index contributed by atoms with van der Waals surface area (Å²) in [4.78, 5) is 4.51. The Bertz CT molecular complexity index is 2490. The van der Waals surface area contributed by atoms with Crippen LogP contribution < -0.4 is 19.3 Å². The van der Waals surface area contributed by atoms with Crippen LogP contribution in [0.2, 0.25) is 0 Å². The number of fused-ring (bicyclic) bond motifs is 11. The maximum atomic E-state index is 6.49. The highest BCUT2D eigenvalue weighted by molar-refractivity contribution is 6.26. The fourth-order valence-corrected chi connectivity index (χ4v) is 7.35. The van der Waals surface area contributed by atoms with Gasteiger partial charge in [0, 0.05) is 32.9 Å². The van der Waals surface area contributed by atoms with Gasteiger partial charge in [0.05, 0.1) is 22.7 Å². The van der Waals surface area contributed by atoms with Crippen molar-refractivity contribution >= 4 is 78.0 Å². The minimum absolute atomic E-state index is 0.813. The summed E-state index contributed by atoms with van der Waals surface area (Å²) in [5.74, 6) is 3.26. The molecule has 6 heteroatoms. The zero-order valence-electron chi connectivity index (χ0n) is 25.4. The van der Waals surface area contributed by atoms with E-state index in [0.29, 0.717) is 0 Å². The third-order valence-electron chi connectivity index (χ3n) is 9.41. The van der Waals surface area contributed by atoms with Crippen molar-refractivity contribution in [2.45, 2.75) is 0 Å². The Balaban J connectivity index is 1.15. The van der Waals surface area contributed by atoms with Crippen molar-refractivity contribution in [3.05, 3.63) is 146 Å². The van der Waals surface area contributed by atoms with Crippen LogP contribution in [0.25, 0.3) is 43.9 Å². The van der Waals surface area contributed by atoms with Crippen LogP contribution in [0.1, 0.15) is 0 Å². The van der Waals surface area contributed by atoms with Gasteiger partial charge in [-0.1, -0.05) is 48.5 Å². The molecule has 0 radical (unpaired) electrons. The van der Waals surface area contributed by atoms with Gasteiger partial charge in [0.25, 0.3) is 0 Å². The summed E-state index contributed by atoms with van der Waals surface area (Å²) in [5.41, 5.74) is 9.23. The molecule has 7 aromatic carbocycles. The van der Waals surface area contributed by atoms with Crippen molar-refractivity contribution in [1.29, 1.82) is 0 Å². The number of para-hydroxylation sites is 8. The van der Waals surface area contributed by atoms with Crippen LogP contribution in [0.15, 0.2) is 154 Å². The second-order valence-corrected chi connectivity index (χ2v) is 12.1. The second-order valence-electron chi connectivity index (χ2n) is 12.1. The lowest BCUT2D eigenvalue weighted by Crippen LogP contribution is -2.15. The molecule has 6 nitrogen and oxygen atoms in total. The molecular formula is C42H24N2O4. The van der Waals surface area contributed by atoms with E-state index in [-0.39, 0.29) is 0 Å². The standard InChI is InChI=1S/C42H24N2O4/c1-5-13-35-29(9-1)43(30-10-2-6-14-36(30)47-35)25-17-19-33-27(23-25)41-39(45-33)21-22-40-42(41)28-24-26(18-20-34(28)46-40)44-31-11-3-7-15-37(31)48-38-16-8-4-12-32(38)44/h1-24H. The molecule has 0 unspecified atom stereocenters. The van der Waals surface area contributed by atoms with Gasteiger partial charge in [0.1, 0.15) is 22.3 Å².